The second kappa shape index (κ2) is 11.3. The predicted molar refractivity (Wildman–Crippen MR) is 149 cm³/mol. The molecular weight excluding hydrogens is 476 g/mol. The summed E-state index contributed by atoms with van der Waals surface area (Å²) in [5.41, 5.74) is 1.48. The number of rotatable bonds is 9. The van der Waals surface area contributed by atoms with E-state index in [1.807, 2.05) is 50.2 Å². The molecule has 1 saturated heterocycles. The van der Waals surface area contributed by atoms with Gasteiger partial charge in [-0.2, -0.15) is 5.10 Å². The molecule has 0 spiro atoms. The molecular formula is C25H40N8O2S. The maximum absolute atomic E-state index is 11.7. The number of anilines is 4. The third kappa shape index (κ3) is 6.54. The van der Waals surface area contributed by atoms with Crippen LogP contribution in [0, 0.1) is 6.92 Å². The van der Waals surface area contributed by atoms with Crippen LogP contribution in [0.25, 0.3) is 0 Å². The first-order valence-electron chi connectivity index (χ1n) is 12.1. The highest BCUT2D eigenvalue weighted by atomic mass is 32.2. The van der Waals surface area contributed by atoms with Crippen LogP contribution in [0.2, 0.25) is 0 Å². The van der Waals surface area contributed by atoms with Crippen molar-refractivity contribution in [3.05, 3.63) is 42.1 Å². The fourth-order valence-electron chi connectivity index (χ4n) is 3.90. The van der Waals surface area contributed by atoms with Crippen LogP contribution in [0.3, 0.4) is 0 Å². The number of nitrogens with zero attached hydrogens (tertiary/aromatic N) is 5. The van der Waals surface area contributed by atoms with Gasteiger partial charge in [0.15, 0.2) is 11.0 Å². The first-order valence-corrected chi connectivity index (χ1v) is 12.9. The Hall–Kier alpha value is -3.15. The number of aromatic amines is 1. The first kappa shape index (κ1) is 25.9. The Morgan fingerprint density at radius 1 is 1.14 bits per heavy atom. The van der Waals surface area contributed by atoms with Gasteiger partial charge in [0, 0.05) is 70.8 Å². The van der Waals surface area contributed by atoms with Gasteiger partial charge in [-0.05, 0) is 56.8 Å². The molecule has 1 aliphatic heterocycles. The SMILES string of the molecule is CCC(=O)Nc1ccc(Sc2nc(Nc3cc(C)[nH]n3)cc(N3CCN(C(C)(C)CO)CC3)n2)cc1.[HH].[HH].[HH]. The quantitative estimate of drug-likeness (QED) is 0.307. The molecule has 0 saturated carbocycles. The van der Waals surface area contributed by atoms with Gasteiger partial charge >= 0.3 is 0 Å². The van der Waals surface area contributed by atoms with E-state index in [2.05, 4.69) is 44.5 Å². The third-order valence-electron chi connectivity index (χ3n) is 6.17. The highest BCUT2D eigenvalue weighted by molar-refractivity contribution is 7.99. The molecule has 1 amide bonds. The number of hydrogen-bond acceptors (Lipinski definition) is 9. The molecule has 198 valence electrons. The maximum Gasteiger partial charge on any atom is 0.224 e. The van der Waals surface area contributed by atoms with Gasteiger partial charge in [-0.1, -0.05) is 6.92 Å². The average Bonchev–Trinajstić information content (AvgIpc) is 3.29. The topological polar surface area (TPSA) is 122 Å². The summed E-state index contributed by atoms with van der Waals surface area (Å²) in [4.78, 5) is 26.8. The van der Waals surface area contributed by atoms with Gasteiger partial charge < -0.3 is 20.6 Å². The summed E-state index contributed by atoms with van der Waals surface area (Å²) in [6.45, 7) is 11.3. The molecule has 1 aromatic carbocycles. The Labute approximate surface area is 220 Å². The number of carbonyl (C=O) groups is 1. The van der Waals surface area contributed by atoms with E-state index >= 15 is 0 Å². The molecule has 10 nitrogen and oxygen atoms in total. The van der Waals surface area contributed by atoms with E-state index in [1.165, 1.54) is 11.8 Å². The zero-order valence-electron chi connectivity index (χ0n) is 21.2. The van der Waals surface area contributed by atoms with Crippen LogP contribution in [0.1, 0.15) is 37.2 Å². The number of carbonyl (C=O) groups excluding carboxylic acids is 1. The molecule has 2 aromatic heterocycles. The second-order valence-corrected chi connectivity index (χ2v) is 10.5. The molecule has 4 N–H and O–H groups in total. The minimum Gasteiger partial charge on any atom is -0.394 e. The number of nitrogens with one attached hydrogen (secondary N) is 3. The van der Waals surface area contributed by atoms with Crippen LogP contribution >= 0.6 is 11.8 Å². The summed E-state index contributed by atoms with van der Waals surface area (Å²) in [7, 11) is 0. The summed E-state index contributed by atoms with van der Waals surface area (Å²) in [5.74, 6) is 2.19. The van der Waals surface area contributed by atoms with Crippen molar-refractivity contribution in [2.24, 2.45) is 0 Å². The molecule has 0 atom stereocenters. The summed E-state index contributed by atoms with van der Waals surface area (Å²) in [6.07, 6.45) is 0.439. The van der Waals surface area contributed by atoms with Gasteiger partial charge in [-0.25, -0.2) is 9.97 Å². The first-order chi connectivity index (χ1) is 17.3. The minimum absolute atomic E-state index is 0. The fourth-order valence-corrected chi connectivity index (χ4v) is 4.67. The lowest BCUT2D eigenvalue weighted by Crippen LogP contribution is -2.56. The number of aryl methyl sites for hydroxylation is 1. The summed E-state index contributed by atoms with van der Waals surface area (Å²) >= 11 is 1.46. The molecule has 3 aromatic rings. The average molecular weight is 517 g/mol. The Balaban J connectivity index is 0.00000253. The summed E-state index contributed by atoms with van der Waals surface area (Å²) < 4.78 is 0. The van der Waals surface area contributed by atoms with Crippen molar-refractivity contribution in [3.8, 4) is 0 Å². The number of aliphatic hydroxyl groups is 1. The Bertz CT molecular complexity index is 1190. The fraction of sp³-hybridized carbons (Fsp3) is 0.440. The molecule has 0 radical (unpaired) electrons. The highest BCUT2D eigenvalue weighted by Gasteiger charge is 2.30. The van der Waals surface area contributed by atoms with E-state index in [0.29, 0.717) is 23.2 Å². The lowest BCUT2D eigenvalue weighted by atomic mass is 10.0. The van der Waals surface area contributed by atoms with Crippen LogP contribution in [0.4, 0.5) is 23.1 Å². The molecule has 1 aliphatic rings. The van der Waals surface area contributed by atoms with E-state index in [0.717, 1.165) is 48.3 Å². The second-order valence-electron chi connectivity index (χ2n) is 9.43. The number of benzene rings is 1. The van der Waals surface area contributed by atoms with Crippen molar-refractivity contribution in [1.29, 1.82) is 0 Å². The van der Waals surface area contributed by atoms with Crippen molar-refractivity contribution in [1.82, 2.24) is 25.1 Å². The van der Waals surface area contributed by atoms with Gasteiger partial charge in [0.25, 0.3) is 0 Å². The van der Waals surface area contributed by atoms with Crippen molar-refractivity contribution in [3.63, 3.8) is 0 Å². The third-order valence-corrected chi connectivity index (χ3v) is 7.04. The van der Waals surface area contributed by atoms with Gasteiger partial charge in [-0.15, -0.1) is 0 Å². The highest BCUT2D eigenvalue weighted by Crippen LogP contribution is 2.30. The number of aromatic nitrogens is 4. The molecule has 1 fully saturated rings. The molecule has 0 aliphatic carbocycles. The number of amides is 1. The van der Waals surface area contributed by atoms with Crippen LogP contribution in [-0.2, 0) is 4.79 Å². The largest absolute Gasteiger partial charge is 0.394 e. The minimum atomic E-state index is -0.244. The van der Waals surface area contributed by atoms with Crippen LogP contribution in [0.5, 0.6) is 0 Å². The number of aliphatic hydroxyl groups excluding tert-OH is 1. The molecule has 0 bridgehead atoms. The lowest BCUT2D eigenvalue weighted by Gasteiger charge is -2.43. The standard InChI is InChI=1S/C25H34N8O2S.3H2/c1-5-23(35)26-18-6-8-19(9-7-18)36-24-28-20(27-21-14-17(2)30-31-21)15-22(29-24)32-10-12-33(13-11-32)25(3,4)16-34;;;/h6-9,14-15,34H,5,10-13,16H2,1-4H3,(H,26,35)(H2,27,28,29,30,31);3*1H. The lowest BCUT2D eigenvalue weighted by molar-refractivity contribution is -0.115. The Kier molecular flexibility index (Phi) is 8.12. The van der Waals surface area contributed by atoms with Crippen LogP contribution < -0.4 is 15.5 Å². The Morgan fingerprint density at radius 2 is 1.86 bits per heavy atom. The van der Waals surface area contributed by atoms with Gasteiger partial charge in [0.1, 0.15) is 11.6 Å². The predicted octanol–water partition coefficient (Wildman–Crippen LogP) is 4.38. The zero-order chi connectivity index (χ0) is 25.7. The van der Waals surface area contributed by atoms with E-state index < -0.39 is 0 Å². The van der Waals surface area contributed by atoms with E-state index in [1.54, 1.807) is 0 Å². The van der Waals surface area contributed by atoms with Crippen LogP contribution in [-0.4, -0.2) is 74.4 Å². The van der Waals surface area contributed by atoms with Crippen molar-refractivity contribution in [2.75, 3.05) is 48.3 Å². The van der Waals surface area contributed by atoms with Crippen molar-refractivity contribution < 1.29 is 14.2 Å². The summed E-state index contributed by atoms with van der Waals surface area (Å²) in [5, 5.41) is 23.7. The van der Waals surface area contributed by atoms with Crippen molar-refractivity contribution >= 4 is 40.8 Å². The van der Waals surface area contributed by atoms with Gasteiger partial charge in [-0.3, -0.25) is 14.8 Å². The molecule has 0 unspecified atom stereocenters. The molecule has 4 rings (SSSR count). The number of hydrogen-bond donors (Lipinski definition) is 4. The molecule has 11 heteroatoms. The zero-order valence-corrected chi connectivity index (χ0v) is 22.0. The number of piperazine rings is 1. The smallest absolute Gasteiger partial charge is 0.224 e. The molecule has 36 heavy (non-hydrogen) atoms. The van der Waals surface area contributed by atoms with E-state index in [-0.39, 0.29) is 22.3 Å². The van der Waals surface area contributed by atoms with E-state index in [9.17, 15) is 9.90 Å². The van der Waals surface area contributed by atoms with E-state index in [4.69, 9.17) is 9.97 Å². The monoisotopic (exact) mass is 516 g/mol. The van der Waals surface area contributed by atoms with Gasteiger partial charge in [0.05, 0.1) is 6.61 Å². The van der Waals surface area contributed by atoms with Crippen molar-refractivity contribution in [2.45, 2.75) is 49.7 Å². The molecule has 3 heterocycles. The summed E-state index contributed by atoms with van der Waals surface area (Å²) in [6, 6.07) is 11.5. The van der Waals surface area contributed by atoms with Crippen LogP contribution in [0.15, 0.2) is 46.5 Å². The maximum atomic E-state index is 11.7. The van der Waals surface area contributed by atoms with Gasteiger partial charge in [0.2, 0.25) is 5.91 Å². The normalized spacial score (nSPS) is 14.6. The number of H-pyrrole nitrogens is 1. The Morgan fingerprint density at radius 3 is 2.47 bits per heavy atom.